The SMILES string of the molecule is C[Si](C)(C)[C@H]1C[C@@]1(O)C1CCCCC1. The lowest BCUT2D eigenvalue weighted by molar-refractivity contribution is 0.0602. The summed E-state index contributed by atoms with van der Waals surface area (Å²) in [7, 11) is -1.09. The molecule has 0 aromatic carbocycles. The second kappa shape index (κ2) is 3.34. The highest BCUT2D eigenvalue weighted by molar-refractivity contribution is 6.78. The van der Waals surface area contributed by atoms with E-state index >= 15 is 0 Å². The molecule has 2 fully saturated rings. The minimum absolute atomic E-state index is 0.217. The summed E-state index contributed by atoms with van der Waals surface area (Å²) in [6, 6.07) is 0. The Bertz CT molecular complexity index is 215. The molecule has 2 aliphatic rings. The smallest absolute Gasteiger partial charge is 0.0682 e. The van der Waals surface area contributed by atoms with E-state index in [1.54, 1.807) is 0 Å². The minimum Gasteiger partial charge on any atom is -0.390 e. The predicted octanol–water partition coefficient (Wildman–Crippen LogP) is 3.41. The van der Waals surface area contributed by atoms with Crippen LogP contribution in [0.3, 0.4) is 0 Å². The van der Waals surface area contributed by atoms with E-state index in [4.69, 9.17) is 0 Å². The molecule has 2 rings (SSSR count). The summed E-state index contributed by atoms with van der Waals surface area (Å²) < 4.78 is 0. The van der Waals surface area contributed by atoms with Gasteiger partial charge >= 0.3 is 0 Å². The van der Waals surface area contributed by atoms with E-state index in [1.807, 2.05) is 0 Å². The molecular weight excluding hydrogens is 188 g/mol. The molecule has 2 heteroatoms. The van der Waals surface area contributed by atoms with Crippen molar-refractivity contribution in [1.29, 1.82) is 0 Å². The molecule has 0 aliphatic heterocycles. The summed E-state index contributed by atoms with van der Waals surface area (Å²) in [5.41, 5.74) is 0.475. The summed E-state index contributed by atoms with van der Waals surface area (Å²) in [5, 5.41) is 10.6. The van der Waals surface area contributed by atoms with Crippen molar-refractivity contribution < 1.29 is 5.11 Å². The van der Waals surface area contributed by atoms with Crippen molar-refractivity contribution in [1.82, 2.24) is 0 Å². The quantitative estimate of drug-likeness (QED) is 0.696. The Hall–Kier alpha value is 0.177. The van der Waals surface area contributed by atoms with Gasteiger partial charge in [0.25, 0.3) is 0 Å². The molecule has 1 nitrogen and oxygen atoms in total. The van der Waals surface area contributed by atoms with Crippen molar-refractivity contribution in [2.24, 2.45) is 5.92 Å². The van der Waals surface area contributed by atoms with Gasteiger partial charge in [-0.1, -0.05) is 38.9 Å². The first-order chi connectivity index (χ1) is 6.44. The summed E-state index contributed by atoms with van der Waals surface area (Å²) in [5.74, 6) is 0.646. The topological polar surface area (TPSA) is 20.2 Å². The maximum Gasteiger partial charge on any atom is 0.0682 e. The Kier molecular flexibility index (Phi) is 2.55. The molecule has 2 atom stereocenters. The zero-order chi connectivity index (χ0) is 10.4. The second-order valence-corrected chi connectivity index (χ2v) is 11.9. The Morgan fingerprint density at radius 1 is 1.07 bits per heavy atom. The van der Waals surface area contributed by atoms with Gasteiger partial charge < -0.3 is 5.11 Å². The van der Waals surface area contributed by atoms with E-state index in [0.29, 0.717) is 11.5 Å². The fraction of sp³-hybridized carbons (Fsp3) is 1.00. The van der Waals surface area contributed by atoms with Crippen LogP contribution in [0.5, 0.6) is 0 Å². The Balaban J connectivity index is 1.98. The fourth-order valence-corrected chi connectivity index (χ4v) is 6.05. The first-order valence-electron chi connectivity index (χ1n) is 6.17. The number of rotatable bonds is 2. The molecule has 2 saturated carbocycles. The van der Waals surface area contributed by atoms with E-state index in [2.05, 4.69) is 19.6 Å². The average Bonchev–Trinajstić information content (AvgIpc) is 2.81. The van der Waals surface area contributed by atoms with Crippen molar-refractivity contribution in [2.45, 2.75) is 69.3 Å². The Morgan fingerprint density at radius 2 is 1.64 bits per heavy atom. The molecule has 0 amide bonds. The van der Waals surface area contributed by atoms with Gasteiger partial charge in [-0.15, -0.1) is 0 Å². The van der Waals surface area contributed by atoms with Gasteiger partial charge in [0, 0.05) is 0 Å². The molecule has 1 N–H and O–H groups in total. The van der Waals surface area contributed by atoms with E-state index in [1.165, 1.54) is 32.1 Å². The molecule has 0 bridgehead atoms. The van der Waals surface area contributed by atoms with Crippen molar-refractivity contribution in [2.75, 3.05) is 0 Å². The molecule has 2 aliphatic carbocycles. The van der Waals surface area contributed by atoms with Crippen molar-refractivity contribution in [3.05, 3.63) is 0 Å². The second-order valence-electron chi connectivity index (χ2n) is 6.45. The lowest BCUT2D eigenvalue weighted by Crippen LogP contribution is -2.32. The van der Waals surface area contributed by atoms with E-state index in [9.17, 15) is 5.11 Å². The van der Waals surface area contributed by atoms with Crippen LogP contribution in [-0.4, -0.2) is 18.8 Å². The predicted molar refractivity (Wildman–Crippen MR) is 63.2 cm³/mol. The van der Waals surface area contributed by atoms with Crippen molar-refractivity contribution >= 4 is 8.07 Å². The van der Waals surface area contributed by atoms with Crippen LogP contribution in [0, 0.1) is 5.92 Å². The van der Waals surface area contributed by atoms with E-state index in [-0.39, 0.29) is 5.60 Å². The number of aliphatic hydroxyl groups is 1. The molecule has 0 aromatic heterocycles. The zero-order valence-corrected chi connectivity index (χ0v) is 10.8. The highest BCUT2D eigenvalue weighted by atomic mass is 28.3. The van der Waals surface area contributed by atoms with Crippen LogP contribution in [0.4, 0.5) is 0 Å². The number of hydrogen-bond donors (Lipinski definition) is 1. The van der Waals surface area contributed by atoms with Crippen LogP contribution >= 0.6 is 0 Å². The van der Waals surface area contributed by atoms with Gasteiger partial charge in [-0.05, 0) is 30.7 Å². The molecule has 14 heavy (non-hydrogen) atoms. The van der Waals surface area contributed by atoms with E-state index < -0.39 is 8.07 Å². The van der Waals surface area contributed by atoms with Crippen LogP contribution in [-0.2, 0) is 0 Å². The molecule has 82 valence electrons. The molecule has 0 saturated heterocycles. The summed E-state index contributed by atoms with van der Waals surface area (Å²) >= 11 is 0. The third-order valence-corrected chi connectivity index (χ3v) is 7.13. The summed E-state index contributed by atoms with van der Waals surface area (Å²) in [4.78, 5) is 0. The number of hydrogen-bond acceptors (Lipinski definition) is 1. The molecule has 0 spiro atoms. The van der Waals surface area contributed by atoms with E-state index in [0.717, 1.165) is 6.42 Å². The maximum atomic E-state index is 10.6. The van der Waals surface area contributed by atoms with Crippen LogP contribution < -0.4 is 0 Å². The minimum atomic E-state index is -1.09. The summed E-state index contributed by atoms with van der Waals surface area (Å²) in [6.07, 6.45) is 7.79. The van der Waals surface area contributed by atoms with Crippen LogP contribution in [0.25, 0.3) is 0 Å². The molecule has 0 heterocycles. The van der Waals surface area contributed by atoms with Crippen LogP contribution in [0.15, 0.2) is 0 Å². The van der Waals surface area contributed by atoms with Crippen molar-refractivity contribution in [3.8, 4) is 0 Å². The third kappa shape index (κ3) is 1.79. The highest BCUT2D eigenvalue weighted by Crippen LogP contribution is 2.61. The van der Waals surface area contributed by atoms with Gasteiger partial charge in [0.1, 0.15) is 0 Å². The zero-order valence-electron chi connectivity index (χ0n) is 9.84. The van der Waals surface area contributed by atoms with Gasteiger partial charge in [-0.2, -0.15) is 0 Å². The standard InChI is InChI=1S/C12H24OSi/c1-14(2,3)11-9-12(11,13)10-7-5-4-6-8-10/h10-11,13H,4-9H2,1-3H3/t11-,12+/m0/s1. The Morgan fingerprint density at radius 3 is 2.07 bits per heavy atom. The van der Waals surface area contributed by atoms with Crippen LogP contribution in [0.2, 0.25) is 25.2 Å². The first kappa shape index (κ1) is 10.7. The first-order valence-corrected chi connectivity index (χ1v) is 9.75. The van der Waals surface area contributed by atoms with Gasteiger partial charge in [0.2, 0.25) is 0 Å². The fourth-order valence-electron chi connectivity index (χ4n) is 3.38. The molecular formula is C12H24OSi. The normalized spacial score (nSPS) is 39.9. The lowest BCUT2D eigenvalue weighted by atomic mass is 9.84. The highest BCUT2D eigenvalue weighted by Gasteiger charge is 2.61. The third-order valence-electron chi connectivity index (χ3n) is 4.33. The van der Waals surface area contributed by atoms with Gasteiger partial charge in [-0.3, -0.25) is 0 Å². The average molecular weight is 212 g/mol. The van der Waals surface area contributed by atoms with Gasteiger partial charge in [-0.25, -0.2) is 0 Å². The Labute approximate surface area is 88.9 Å². The maximum absolute atomic E-state index is 10.6. The van der Waals surface area contributed by atoms with Gasteiger partial charge in [0.05, 0.1) is 13.7 Å². The summed E-state index contributed by atoms with van der Waals surface area (Å²) in [6.45, 7) is 7.20. The molecule has 0 unspecified atom stereocenters. The molecule has 0 radical (unpaired) electrons. The van der Waals surface area contributed by atoms with Crippen molar-refractivity contribution in [3.63, 3.8) is 0 Å². The van der Waals surface area contributed by atoms with Gasteiger partial charge in [0.15, 0.2) is 0 Å². The van der Waals surface area contributed by atoms with Crippen LogP contribution in [0.1, 0.15) is 38.5 Å². The monoisotopic (exact) mass is 212 g/mol. The largest absolute Gasteiger partial charge is 0.390 e. The lowest BCUT2D eigenvalue weighted by Gasteiger charge is -2.30. The molecule has 0 aromatic rings.